The number of urea groups is 1. The van der Waals surface area contributed by atoms with E-state index in [-0.39, 0.29) is 12.5 Å². The molecule has 7 nitrogen and oxygen atoms in total. The van der Waals surface area contributed by atoms with Gasteiger partial charge >= 0.3 is 6.03 Å². The lowest BCUT2D eigenvalue weighted by atomic mass is 9.98. The molecule has 2 aromatic carbocycles. The summed E-state index contributed by atoms with van der Waals surface area (Å²) in [5.41, 5.74) is 0.965. The Bertz CT molecular complexity index is 937. The first-order valence-electron chi connectivity index (χ1n) is 10.1. The Hall–Kier alpha value is -3.35. The van der Waals surface area contributed by atoms with E-state index in [0.717, 1.165) is 34.6 Å². The summed E-state index contributed by atoms with van der Waals surface area (Å²) in [6.07, 6.45) is 3.07. The molecule has 4 amide bonds. The predicted octanol–water partition coefficient (Wildman–Crippen LogP) is 2.77. The zero-order chi connectivity index (χ0) is 21.1. The van der Waals surface area contributed by atoms with Crippen molar-refractivity contribution in [2.75, 3.05) is 13.7 Å². The molecule has 30 heavy (non-hydrogen) atoms. The molecule has 1 heterocycles. The standard InChI is InChI=1S/C23H25N3O4/c1-30-18-11-9-17(10-12-18)20(16-7-3-2-4-8-16)24-19(27)15-26-21(28)23(25-22(26)29)13-5-6-14-23/h2-4,7-12,20H,5-6,13-15H2,1H3,(H,24,27)(H,25,29)/t20-/m0/s1. The summed E-state index contributed by atoms with van der Waals surface area (Å²) in [7, 11) is 1.60. The van der Waals surface area contributed by atoms with Gasteiger partial charge in [-0.3, -0.25) is 14.5 Å². The molecule has 2 fully saturated rings. The van der Waals surface area contributed by atoms with Gasteiger partial charge in [-0.1, -0.05) is 55.3 Å². The number of imide groups is 1. The van der Waals surface area contributed by atoms with E-state index in [2.05, 4.69) is 10.6 Å². The van der Waals surface area contributed by atoms with Gasteiger partial charge in [0.2, 0.25) is 5.91 Å². The molecular formula is C23H25N3O4. The lowest BCUT2D eigenvalue weighted by Crippen LogP contribution is -2.45. The monoisotopic (exact) mass is 407 g/mol. The average Bonchev–Trinajstić information content (AvgIpc) is 3.33. The normalized spacial score (nSPS) is 18.4. The van der Waals surface area contributed by atoms with E-state index in [0.29, 0.717) is 12.8 Å². The predicted molar refractivity (Wildman–Crippen MR) is 111 cm³/mol. The highest BCUT2D eigenvalue weighted by atomic mass is 16.5. The molecule has 2 aromatic rings. The first kappa shape index (κ1) is 19.9. The van der Waals surface area contributed by atoms with Gasteiger partial charge in [0.25, 0.3) is 5.91 Å². The maximum Gasteiger partial charge on any atom is 0.325 e. The van der Waals surface area contributed by atoms with Gasteiger partial charge in [-0.15, -0.1) is 0 Å². The van der Waals surface area contributed by atoms with Gasteiger partial charge in [0.15, 0.2) is 0 Å². The van der Waals surface area contributed by atoms with Crippen LogP contribution < -0.4 is 15.4 Å². The topological polar surface area (TPSA) is 87.7 Å². The summed E-state index contributed by atoms with van der Waals surface area (Å²) in [6, 6.07) is 16.1. The molecule has 156 valence electrons. The zero-order valence-electron chi connectivity index (χ0n) is 16.9. The number of amides is 4. The first-order valence-corrected chi connectivity index (χ1v) is 10.1. The van der Waals surface area contributed by atoms with Gasteiger partial charge in [-0.05, 0) is 36.1 Å². The minimum absolute atomic E-state index is 0.291. The molecular weight excluding hydrogens is 382 g/mol. The van der Waals surface area contributed by atoms with Crippen LogP contribution in [0.5, 0.6) is 5.75 Å². The fourth-order valence-electron chi connectivity index (χ4n) is 4.29. The van der Waals surface area contributed by atoms with Gasteiger partial charge in [-0.2, -0.15) is 0 Å². The molecule has 2 N–H and O–H groups in total. The molecule has 2 aliphatic rings. The van der Waals surface area contributed by atoms with Crippen LogP contribution in [-0.2, 0) is 9.59 Å². The lowest BCUT2D eigenvalue weighted by molar-refractivity contribution is -0.135. The molecule has 7 heteroatoms. The van der Waals surface area contributed by atoms with Crippen molar-refractivity contribution in [1.29, 1.82) is 0 Å². The van der Waals surface area contributed by atoms with Crippen molar-refractivity contribution < 1.29 is 19.1 Å². The molecule has 1 saturated carbocycles. The van der Waals surface area contributed by atoms with Crippen LogP contribution in [0.4, 0.5) is 4.79 Å². The van der Waals surface area contributed by atoms with Crippen LogP contribution in [0.2, 0.25) is 0 Å². The Morgan fingerprint density at radius 1 is 1.07 bits per heavy atom. The summed E-state index contributed by atoms with van der Waals surface area (Å²) in [5.74, 6) is 0.0390. The largest absolute Gasteiger partial charge is 0.497 e. The molecule has 0 radical (unpaired) electrons. The van der Waals surface area contributed by atoms with E-state index < -0.39 is 23.5 Å². The van der Waals surface area contributed by atoms with E-state index in [1.807, 2.05) is 54.6 Å². The van der Waals surface area contributed by atoms with E-state index >= 15 is 0 Å². The molecule has 1 aliphatic heterocycles. The van der Waals surface area contributed by atoms with Crippen molar-refractivity contribution in [3.05, 3.63) is 65.7 Å². The van der Waals surface area contributed by atoms with Crippen molar-refractivity contribution in [2.45, 2.75) is 37.3 Å². The Morgan fingerprint density at radius 3 is 2.33 bits per heavy atom. The molecule has 0 aromatic heterocycles. The number of carbonyl (C=O) groups excluding carboxylic acids is 3. The average molecular weight is 407 g/mol. The first-order chi connectivity index (χ1) is 14.5. The molecule has 1 atom stereocenters. The van der Waals surface area contributed by atoms with Gasteiger partial charge in [0.1, 0.15) is 17.8 Å². The third-order valence-electron chi connectivity index (χ3n) is 5.89. The number of benzene rings is 2. The molecule has 1 saturated heterocycles. The van der Waals surface area contributed by atoms with Crippen LogP contribution >= 0.6 is 0 Å². The summed E-state index contributed by atoms with van der Waals surface area (Å²) in [6.45, 7) is -0.300. The second kappa shape index (κ2) is 8.18. The summed E-state index contributed by atoms with van der Waals surface area (Å²) < 4.78 is 5.22. The second-order valence-corrected chi connectivity index (χ2v) is 7.80. The molecule has 0 bridgehead atoms. The lowest BCUT2D eigenvalue weighted by Gasteiger charge is -2.22. The third-order valence-corrected chi connectivity index (χ3v) is 5.89. The van der Waals surface area contributed by atoms with Crippen LogP contribution in [0.15, 0.2) is 54.6 Å². The van der Waals surface area contributed by atoms with Crippen molar-refractivity contribution in [1.82, 2.24) is 15.5 Å². The minimum atomic E-state index is -0.813. The highest BCUT2D eigenvalue weighted by Crippen LogP contribution is 2.35. The highest BCUT2D eigenvalue weighted by Gasteiger charge is 2.52. The molecule has 0 unspecified atom stereocenters. The van der Waals surface area contributed by atoms with Crippen LogP contribution in [-0.4, -0.2) is 41.9 Å². The molecule has 4 rings (SSSR count). The van der Waals surface area contributed by atoms with Crippen molar-refractivity contribution in [2.24, 2.45) is 0 Å². The van der Waals surface area contributed by atoms with Crippen LogP contribution in [0.1, 0.15) is 42.9 Å². The summed E-state index contributed by atoms with van der Waals surface area (Å²) in [5, 5.41) is 5.79. The van der Waals surface area contributed by atoms with E-state index in [4.69, 9.17) is 4.74 Å². The van der Waals surface area contributed by atoms with Gasteiger partial charge in [0.05, 0.1) is 13.2 Å². The summed E-state index contributed by atoms with van der Waals surface area (Å²) >= 11 is 0. The number of hydrogen-bond donors (Lipinski definition) is 2. The van der Waals surface area contributed by atoms with Crippen molar-refractivity contribution in [3.8, 4) is 5.75 Å². The van der Waals surface area contributed by atoms with E-state index in [9.17, 15) is 14.4 Å². The van der Waals surface area contributed by atoms with Crippen molar-refractivity contribution >= 4 is 17.8 Å². The Balaban J connectivity index is 1.52. The van der Waals surface area contributed by atoms with Gasteiger partial charge in [0, 0.05) is 0 Å². The maximum atomic E-state index is 12.9. The van der Waals surface area contributed by atoms with Gasteiger partial charge < -0.3 is 15.4 Å². The third kappa shape index (κ3) is 3.75. The fraction of sp³-hybridized carbons (Fsp3) is 0.348. The molecule has 1 spiro atoms. The Labute approximate surface area is 175 Å². The minimum Gasteiger partial charge on any atom is -0.497 e. The van der Waals surface area contributed by atoms with Crippen LogP contribution in [0.3, 0.4) is 0 Å². The fourth-order valence-corrected chi connectivity index (χ4v) is 4.29. The maximum absolute atomic E-state index is 12.9. The number of methoxy groups -OCH3 is 1. The SMILES string of the molecule is COc1ccc([C@@H](NC(=O)CN2C(=O)NC3(CCCC3)C2=O)c2ccccc2)cc1. The van der Waals surface area contributed by atoms with Crippen molar-refractivity contribution in [3.63, 3.8) is 0 Å². The number of hydrogen-bond acceptors (Lipinski definition) is 4. The number of rotatable bonds is 6. The zero-order valence-corrected chi connectivity index (χ0v) is 16.9. The second-order valence-electron chi connectivity index (χ2n) is 7.80. The Kier molecular flexibility index (Phi) is 5.44. The van der Waals surface area contributed by atoms with Crippen LogP contribution in [0.25, 0.3) is 0 Å². The number of nitrogens with zero attached hydrogens (tertiary/aromatic N) is 1. The number of carbonyl (C=O) groups is 3. The Morgan fingerprint density at radius 2 is 1.70 bits per heavy atom. The number of ether oxygens (including phenoxy) is 1. The van der Waals surface area contributed by atoms with Crippen LogP contribution in [0, 0.1) is 0 Å². The van der Waals surface area contributed by atoms with E-state index in [1.165, 1.54) is 0 Å². The summed E-state index contributed by atoms with van der Waals surface area (Å²) in [4.78, 5) is 39.1. The molecule has 1 aliphatic carbocycles. The van der Waals surface area contributed by atoms with Gasteiger partial charge in [-0.25, -0.2) is 4.79 Å². The quantitative estimate of drug-likeness (QED) is 0.721. The van der Waals surface area contributed by atoms with E-state index in [1.54, 1.807) is 7.11 Å². The highest BCUT2D eigenvalue weighted by molar-refractivity contribution is 6.09. The number of nitrogens with one attached hydrogen (secondary N) is 2. The smallest absolute Gasteiger partial charge is 0.325 e.